The molecular weight excluding hydrogens is 198 g/mol. The summed E-state index contributed by atoms with van der Waals surface area (Å²) in [6.45, 7) is 6.95. The Morgan fingerprint density at radius 3 is 2.44 bits per heavy atom. The van der Waals surface area contributed by atoms with Crippen molar-refractivity contribution in [3.05, 3.63) is 29.8 Å². The van der Waals surface area contributed by atoms with E-state index in [9.17, 15) is 0 Å². The molecule has 0 amide bonds. The molecular formula is C14H21NO. The highest BCUT2D eigenvalue weighted by atomic mass is 16.5. The summed E-state index contributed by atoms with van der Waals surface area (Å²) in [5.74, 6) is 1.00. The Bertz CT molecular complexity index is 375. The van der Waals surface area contributed by atoms with Crippen molar-refractivity contribution in [3.8, 4) is 5.75 Å². The van der Waals surface area contributed by atoms with Crippen molar-refractivity contribution in [2.45, 2.75) is 44.6 Å². The SMILES string of the molecule is CCOc1ccccc1C1(C(C)(C)N)CC1. The predicted octanol–water partition coefficient (Wildman–Crippen LogP) is 2.85. The fraction of sp³-hybridized carbons (Fsp3) is 0.571. The molecule has 2 nitrogen and oxygen atoms in total. The zero-order valence-electron chi connectivity index (χ0n) is 10.4. The van der Waals surface area contributed by atoms with Gasteiger partial charge in [0, 0.05) is 16.5 Å². The molecule has 1 saturated carbocycles. The Morgan fingerprint density at radius 1 is 1.31 bits per heavy atom. The maximum Gasteiger partial charge on any atom is 0.123 e. The molecule has 0 heterocycles. The van der Waals surface area contributed by atoms with Crippen molar-refractivity contribution in [3.63, 3.8) is 0 Å². The van der Waals surface area contributed by atoms with Gasteiger partial charge in [0.25, 0.3) is 0 Å². The molecule has 0 bridgehead atoms. The van der Waals surface area contributed by atoms with Crippen molar-refractivity contribution in [2.24, 2.45) is 5.73 Å². The fourth-order valence-corrected chi connectivity index (χ4v) is 2.53. The van der Waals surface area contributed by atoms with Gasteiger partial charge in [-0.15, -0.1) is 0 Å². The summed E-state index contributed by atoms with van der Waals surface area (Å²) in [4.78, 5) is 0. The summed E-state index contributed by atoms with van der Waals surface area (Å²) in [5, 5.41) is 0. The molecule has 2 N–H and O–H groups in total. The summed E-state index contributed by atoms with van der Waals surface area (Å²) in [6, 6.07) is 8.30. The van der Waals surface area contributed by atoms with Gasteiger partial charge in [0.2, 0.25) is 0 Å². The molecule has 88 valence electrons. The second-order valence-electron chi connectivity index (χ2n) is 5.23. The van der Waals surface area contributed by atoms with Crippen LogP contribution in [0.15, 0.2) is 24.3 Å². The highest BCUT2D eigenvalue weighted by Gasteiger charge is 2.54. The number of benzene rings is 1. The average molecular weight is 219 g/mol. The van der Waals surface area contributed by atoms with Crippen LogP contribution in [0.3, 0.4) is 0 Å². The van der Waals surface area contributed by atoms with Gasteiger partial charge in [-0.05, 0) is 39.7 Å². The van der Waals surface area contributed by atoms with Gasteiger partial charge in [0.05, 0.1) is 6.61 Å². The van der Waals surface area contributed by atoms with Crippen molar-refractivity contribution in [2.75, 3.05) is 6.61 Å². The molecule has 0 saturated heterocycles. The Kier molecular flexibility index (Phi) is 2.70. The highest BCUT2D eigenvalue weighted by Crippen LogP contribution is 2.56. The molecule has 0 aromatic heterocycles. The van der Waals surface area contributed by atoms with Gasteiger partial charge >= 0.3 is 0 Å². The first-order valence-electron chi connectivity index (χ1n) is 6.02. The lowest BCUT2D eigenvalue weighted by Crippen LogP contribution is -2.45. The van der Waals surface area contributed by atoms with E-state index in [1.54, 1.807) is 0 Å². The van der Waals surface area contributed by atoms with Gasteiger partial charge in [0.15, 0.2) is 0 Å². The smallest absolute Gasteiger partial charge is 0.123 e. The molecule has 0 radical (unpaired) electrons. The lowest BCUT2D eigenvalue weighted by molar-refractivity contribution is 0.318. The summed E-state index contributed by atoms with van der Waals surface area (Å²) in [7, 11) is 0. The Hall–Kier alpha value is -1.02. The number of hydrogen-bond acceptors (Lipinski definition) is 2. The zero-order chi connectivity index (χ0) is 11.8. The highest BCUT2D eigenvalue weighted by molar-refractivity contribution is 5.46. The summed E-state index contributed by atoms with van der Waals surface area (Å²) in [5.41, 5.74) is 7.54. The van der Waals surface area contributed by atoms with E-state index in [-0.39, 0.29) is 11.0 Å². The first-order valence-corrected chi connectivity index (χ1v) is 6.02. The minimum absolute atomic E-state index is 0.124. The van der Waals surface area contributed by atoms with Crippen LogP contribution in [-0.4, -0.2) is 12.1 Å². The number of nitrogens with two attached hydrogens (primary N) is 1. The predicted molar refractivity (Wildman–Crippen MR) is 66.8 cm³/mol. The van der Waals surface area contributed by atoms with E-state index in [1.165, 1.54) is 18.4 Å². The van der Waals surface area contributed by atoms with Crippen LogP contribution < -0.4 is 10.5 Å². The monoisotopic (exact) mass is 219 g/mol. The van der Waals surface area contributed by atoms with Crippen molar-refractivity contribution >= 4 is 0 Å². The topological polar surface area (TPSA) is 35.2 Å². The summed E-state index contributed by atoms with van der Waals surface area (Å²) >= 11 is 0. The first kappa shape index (κ1) is 11.5. The van der Waals surface area contributed by atoms with Crippen LogP contribution in [0.25, 0.3) is 0 Å². The molecule has 1 fully saturated rings. The largest absolute Gasteiger partial charge is 0.494 e. The molecule has 1 aromatic carbocycles. The van der Waals surface area contributed by atoms with Gasteiger partial charge in [-0.2, -0.15) is 0 Å². The normalized spacial score (nSPS) is 18.2. The maximum atomic E-state index is 6.32. The van der Waals surface area contributed by atoms with Gasteiger partial charge < -0.3 is 10.5 Å². The lowest BCUT2D eigenvalue weighted by atomic mass is 9.79. The molecule has 1 aliphatic carbocycles. The zero-order valence-corrected chi connectivity index (χ0v) is 10.4. The Balaban J connectivity index is 2.41. The Labute approximate surface area is 97.8 Å². The fourth-order valence-electron chi connectivity index (χ4n) is 2.53. The van der Waals surface area contributed by atoms with E-state index in [0.29, 0.717) is 6.61 Å². The van der Waals surface area contributed by atoms with E-state index >= 15 is 0 Å². The molecule has 16 heavy (non-hydrogen) atoms. The third kappa shape index (κ3) is 1.71. The van der Waals surface area contributed by atoms with Crippen LogP contribution in [0.5, 0.6) is 5.75 Å². The number of rotatable bonds is 4. The van der Waals surface area contributed by atoms with Crippen molar-refractivity contribution < 1.29 is 4.74 Å². The van der Waals surface area contributed by atoms with E-state index in [0.717, 1.165) is 5.75 Å². The van der Waals surface area contributed by atoms with Gasteiger partial charge in [-0.3, -0.25) is 0 Å². The summed E-state index contributed by atoms with van der Waals surface area (Å²) in [6.07, 6.45) is 2.33. The summed E-state index contributed by atoms with van der Waals surface area (Å²) < 4.78 is 5.70. The molecule has 2 rings (SSSR count). The molecule has 1 aliphatic rings. The van der Waals surface area contributed by atoms with Crippen molar-refractivity contribution in [1.29, 1.82) is 0 Å². The van der Waals surface area contributed by atoms with Gasteiger partial charge in [0.1, 0.15) is 5.75 Å². The molecule has 0 atom stereocenters. The van der Waals surface area contributed by atoms with Crippen LogP contribution in [0.1, 0.15) is 39.2 Å². The standard InChI is InChI=1S/C14H21NO/c1-4-16-12-8-6-5-7-11(12)14(9-10-14)13(2,3)15/h5-8H,4,9-10,15H2,1-3H3. The molecule has 2 heteroatoms. The molecule has 1 aromatic rings. The van der Waals surface area contributed by atoms with Crippen LogP contribution >= 0.6 is 0 Å². The van der Waals surface area contributed by atoms with Crippen LogP contribution in [0, 0.1) is 0 Å². The van der Waals surface area contributed by atoms with E-state index < -0.39 is 0 Å². The number of hydrogen-bond donors (Lipinski definition) is 1. The Morgan fingerprint density at radius 2 is 1.94 bits per heavy atom. The lowest BCUT2D eigenvalue weighted by Gasteiger charge is -2.32. The molecule has 0 unspecified atom stereocenters. The van der Waals surface area contributed by atoms with Crippen LogP contribution in [0.4, 0.5) is 0 Å². The molecule has 0 spiro atoms. The quantitative estimate of drug-likeness (QED) is 0.845. The minimum atomic E-state index is -0.180. The number of ether oxygens (including phenoxy) is 1. The van der Waals surface area contributed by atoms with E-state index in [2.05, 4.69) is 26.0 Å². The second kappa shape index (κ2) is 3.77. The van der Waals surface area contributed by atoms with Gasteiger partial charge in [-0.25, -0.2) is 0 Å². The van der Waals surface area contributed by atoms with E-state index in [4.69, 9.17) is 10.5 Å². The number of para-hydroxylation sites is 1. The molecule has 0 aliphatic heterocycles. The second-order valence-corrected chi connectivity index (χ2v) is 5.23. The van der Waals surface area contributed by atoms with Crippen LogP contribution in [-0.2, 0) is 5.41 Å². The van der Waals surface area contributed by atoms with Crippen molar-refractivity contribution in [1.82, 2.24) is 0 Å². The average Bonchev–Trinajstić information content (AvgIpc) is 2.99. The van der Waals surface area contributed by atoms with Gasteiger partial charge in [-0.1, -0.05) is 18.2 Å². The van der Waals surface area contributed by atoms with E-state index in [1.807, 2.05) is 19.1 Å². The maximum absolute atomic E-state index is 6.32. The minimum Gasteiger partial charge on any atom is -0.494 e. The first-order chi connectivity index (χ1) is 7.51. The van der Waals surface area contributed by atoms with Crippen LogP contribution in [0.2, 0.25) is 0 Å². The third-order valence-electron chi connectivity index (χ3n) is 3.69. The third-order valence-corrected chi connectivity index (χ3v) is 3.69.